The van der Waals surface area contributed by atoms with Crippen molar-refractivity contribution in [1.82, 2.24) is 10.2 Å². The first kappa shape index (κ1) is 20.9. The Hall–Kier alpha value is -2.40. The highest BCUT2D eigenvalue weighted by atomic mass is 35.5. The van der Waals surface area contributed by atoms with E-state index in [9.17, 15) is 14.0 Å². The van der Waals surface area contributed by atoms with E-state index >= 15 is 0 Å². The van der Waals surface area contributed by atoms with E-state index in [1.54, 1.807) is 13.0 Å². The van der Waals surface area contributed by atoms with Crippen molar-refractivity contribution in [3.8, 4) is 0 Å². The number of hydrogen-bond donors (Lipinski definition) is 1. The highest BCUT2D eigenvalue weighted by Gasteiger charge is 2.27. The lowest BCUT2D eigenvalue weighted by Gasteiger charge is -2.29. The van der Waals surface area contributed by atoms with Gasteiger partial charge in [0.1, 0.15) is 11.9 Å². The summed E-state index contributed by atoms with van der Waals surface area (Å²) in [6, 6.07) is 12.9. The molecular weight excluding hydrogens is 367 g/mol. The van der Waals surface area contributed by atoms with Gasteiger partial charge in [-0.05, 0) is 38.5 Å². The van der Waals surface area contributed by atoms with Crippen LogP contribution in [0.5, 0.6) is 0 Å². The molecule has 6 heteroatoms. The maximum Gasteiger partial charge on any atom is 0.242 e. The van der Waals surface area contributed by atoms with Crippen LogP contribution in [-0.2, 0) is 22.6 Å². The molecule has 0 radical (unpaired) electrons. The van der Waals surface area contributed by atoms with Gasteiger partial charge >= 0.3 is 0 Å². The van der Waals surface area contributed by atoms with E-state index in [4.69, 9.17) is 11.6 Å². The van der Waals surface area contributed by atoms with E-state index in [2.05, 4.69) is 5.32 Å². The van der Waals surface area contributed by atoms with Gasteiger partial charge in [0.2, 0.25) is 11.8 Å². The number of carbonyl (C=O) groups is 2. The number of halogens is 2. The summed E-state index contributed by atoms with van der Waals surface area (Å²) in [7, 11) is 0. The van der Waals surface area contributed by atoms with Gasteiger partial charge in [0, 0.05) is 23.2 Å². The van der Waals surface area contributed by atoms with Crippen molar-refractivity contribution in [2.45, 2.75) is 45.8 Å². The first-order chi connectivity index (χ1) is 12.8. The zero-order chi connectivity index (χ0) is 20.0. The lowest BCUT2D eigenvalue weighted by atomic mass is 10.1. The smallest absolute Gasteiger partial charge is 0.242 e. The summed E-state index contributed by atoms with van der Waals surface area (Å²) in [5.41, 5.74) is 1.02. The molecule has 0 saturated carbocycles. The number of hydrogen-bond acceptors (Lipinski definition) is 2. The predicted octanol–water partition coefficient (Wildman–Crippen LogP) is 3.96. The maximum atomic E-state index is 14.1. The van der Waals surface area contributed by atoms with E-state index < -0.39 is 11.9 Å². The van der Waals surface area contributed by atoms with Crippen LogP contribution in [0.4, 0.5) is 4.39 Å². The molecule has 0 bridgehead atoms. The molecule has 2 aromatic carbocycles. The fourth-order valence-electron chi connectivity index (χ4n) is 2.72. The Balaban J connectivity index is 2.27. The van der Waals surface area contributed by atoms with Gasteiger partial charge in [0.05, 0.1) is 6.42 Å². The van der Waals surface area contributed by atoms with Gasteiger partial charge in [-0.2, -0.15) is 0 Å². The molecule has 1 N–H and O–H groups in total. The van der Waals surface area contributed by atoms with Crippen molar-refractivity contribution >= 4 is 23.4 Å². The van der Waals surface area contributed by atoms with E-state index in [-0.39, 0.29) is 41.4 Å². The van der Waals surface area contributed by atoms with Gasteiger partial charge in [-0.25, -0.2) is 4.39 Å². The summed E-state index contributed by atoms with van der Waals surface area (Å²) >= 11 is 6.06. The SMILES string of the molecule is CC(C)NC(=O)[C@H](C)N(Cc1ccccc1)C(=O)Cc1c(F)cccc1Cl. The third kappa shape index (κ3) is 5.79. The summed E-state index contributed by atoms with van der Waals surface area (Å²) in [6.45, 7) is 5.63. The van der Waals surface area contributed by atoms with E-state index in [1.807, 2.05) is 44.2 Å². The van der Waals surface area contributed by atoms with E-state index in [0.717, 1.165) is 5.56 Å². The number of nitrogens with zero attached hydrogens (tertiary/aromatic N) is 1. The van der Waals surface area contributed by atoms with Crippen molar-refractivity contribution in [2.24, 2.45) is 0 Å². The first-order valence-corrected chi connectivity index (χ1v) is 9.24. The molecule has 0 aliphatic rings. The second-order valence-electron chi connectivity index (χ2n) is 6.72. The van der Waals surface area contributed by atoms with Crippen LogP contribution >= 0.6 is 11.6 Å². The Morgan fingerprint density at radius 2 is 1.74 bits per heavy atom. The van der Waals surface area contributed by atoms with Gasteiger partial charge in [-0.15, -0.1) is 0 Å². The highest BCUT2D eigenvalue weighted by Crippen LogP contribution is 2.21. The quantitative estimate of drug-likeness (QED) is 0.777. The van der Waals surface area contributed by atoms with Crippen LogP contribution in [-0.4, -0.2) is 28.8 Å². The molecule has 0 aromatic heterocycles. The normalized spacial score (nSPS) is 11.9. The van der Waals surface area contributed by atoms with Crippen LogP contribution in [0.2, 0.25) is 5.02 Å². The molecule has 0 heterocycles. The molecule has 0 spiro atoms. The van der Waals surface area contributed by atoms with Crippen LogP contribution in [0, 0.1) is 5.82 Å². The number of benzene rings is 2. The molecule has 0 aliphatic carbocycles. The Kier molecular flexibility index (Phi) is 7.36. The summed E-state index contributed by atoms with van der Waals surface area (Å²) in [5, 5.41) is 3.01. The molecule has 4 nitrogen and oxygen atoms in total. The monoisotopic (exact) mass is 390 g/mol. The molecule has 0 saturated heterocycles. The third-order valence-corrected chi connectivity index (χ3v) is 4.54. The zero-order valence-electron chi connectivity index (χ0n) is 15.7. The third-order valence-electron chi connectivity index (χ3n) is 4.18. The van der Waals surface area contributed by atoms with Crippen LogP contribution in [0.15, 0.2) is 48.5 Å². The average Bonchev–Trinajstić information content (AvgIpc) is 2.62. The maximum absolute atomic E-state index is 14.1. The van der Waals surface area contributed by atoms with Crippen LogP contribution < -0.4 is 5.32 Å². The Labute approximate surface area is 164 Å². The largest absolute Gasteiger partial charge is 0.352 e. The molecule has 1 atom stereocenters. The standard InChI is InChI=1S/C21H24ClFN2O2/c1-14(2)24-21(27)15(3)25(13-16-8-5-4-6-9-16)20(26)12-17-18(22)10-7-11-19(17)23/h4-11,14-15H,12-13H2,1-3H3,(H,24,27)/t15-/m0/s1. The minimum atomic E-state index is -0.703. The Morgan fingerprint density at radius 1 is 1.07 bits per heavy atom. The minimum Gasteiger partial charge on any atom is -0.352 e. The molecule has 2 rings (SSSR count). The van der Waals surface area contributed by atoms with Gasteiger partial charge in [-0.1, -0.05) is 48.0 Å². The van der Waals surface area contributed by atoms with E-state index in [1.165, 1.54) is 17.0 Å². The first-order valence-electron chi connectivity index (χ1n) is 8.86. The highest BCUT2D eigenvalue weighted by molar-refractivity contribution is 6.31. The molecule has 0 aliphatic heterocycles. The number of carbonyl (C=O) groups excluding carboxylic acids is 2. The molecule has 2 aromatic rings. The minimum absolute atomic E-state index is 0.0466. The van der Waals surface area contributed by atoms with Crippen molar-refractivity contribution < 1.29 is 14.0 Å². The van der Waals surface area contributed by atoms with Gasteiger partial charge in [-0.3, -0.25) is 9.59 Å². The fourth-order valence-corrected chi connectivity index (χ4v) is 2.95. The average molecular weight is 391 g/mol. The second kappa shape index (κ2) is 9.51. The number of nitrogens with one attached hydrogen (secondary N) is 1. The zero-order valence-corrected chi connectivity index (χ0v) is 16.5. The molecule has 0 unspecified atom stereocenters. The van der Waals surface area contributed by atoms with Crippen LogP contribution in [0.1, 0.15) is 31.9 Å². The van der Waals surface area contributed by atoms with Crippen LogP contribution in [0.3, 0.4) is 0 Å². The van der Waals surface area contributed by atoms with Crippen molar-refractivity contribution in [1.29, 1.82) is 0 Å². The lowest BCUT2D eigenvalue weighted by molar-refractivity contribution is -0.140. The molecule has 144 valence electrons. The number of rotatable bonds is 7. The molecule has 0 fully saturated rings. The Morgan fingerprint density at radius 3 is 2.33 bits per heavy atom. The molecule has 2 amide bonds. The summed E-state index contributed by atoms with van der Waals surface area (Å²) in [6.07, 6.45) is -0.211. The number of amides is 2. The van der Waals surface area contributed by atoms with E-state index in [0.29, 0.717) is 0 Å². The van der Waals surface area contributed by atoms with Crippen molar-refractivity contribution in [2.75, 3.05) is 0 Å². The van der Waals surface area contributed by atoms with Gasteiger partial charge in [0.25, 0.3) is 0 Å². The molecule has 27 heavy (non-hydrogen) atoms. The van der Waals surface area contributed by atoms with Crippen molar-refractivity contribution in [3.05, 3.63) is 70.5 Å². The van der Waals surface area contributed by atoms with Gasteiger partial charge < -0.3 is 10.2 Å². The topological polar surface area (TPSA) is 49.4 Å². The molecular formula is C21H24ClFN2O2. The second-order valence-corrected chi connectivity index (χ2v) is 7.13. The van der Waals surface area contributed by atoms with Crippen LogP contribution in [0.25, 0.3) is 0 Å². The predicted molar refractivity (Wildman–Crippen MR) is 105 cm³/mol. The fraction of sp³-hybridized carbons (Fsp3) is 0.333. The summed E-state index contributed by atoms with van der Waals surface area (Å²) in [4.78, 5) is 26.9. The van der Waals surface area contributed by atoms with Crippen molar-refractivity contribution in [3.63, 3.8) is 0 Å². The van der Waals surface area contributed by atoms with Gasteiger partial charge in [0.15, 0.2) is 0 Å². The summed E-state index contributed by atoms with van der Waals surface area (Å²) < 4.78 is 14.1. The Bertz CT molecular complexity index is 776. The lowest BCUT2D eigenvalue weighted by Crippen LogP contribution is -2.49. The summed E-state index contributed by atoms with van der Waals surface area (Å²) in [5.74, 6) is -1.15.